The van der Waals surface area contributed by atoms with Crippen molar-refractivity contribution in [2.24, 2.45) is 0 Å². The first kappa shape index (κ1) is 11.9. The molecule has 0 aromatic heterocycles. The van der Waals surface area contributed by atoms with Crippen LogP contribution in [0.2, 0.25) is 0 Å². The molecule has 0 unspecified atom stereocenters. The highest BCUT2D eigenvalue weighted by Crippen LogP contribution is 2.58. The van der Waals surface area contributed by atoms with Crippen LogP contribution in [0.25, 0.3) is 0 Å². The van der Waals surface area contributed by atoms with Gasteiger partial charge in [0.05, 0.1) is 13.2 Å². The van der Waals surface area contributed by atoms with Crippen molar-refractivity contribution in [2.75, 3.05) is 26.3 Å². The summed E-state index contributed by atoms with van der Waals surface area (Å²) in [6.45, 7) is 3.53. The highest BCUT2D eigenvalue weighted by Gasteiger charge is 2.58. The second kappa shape index (κ2) is 4.30. The van der Waals surface area contributed by atoms with Gasteiger partial charge in [0, 0.05) is 25.0 Å². The first-order chi connectivity index (χ1) is 9.32. The lowest BCUT2D eigenvalue weighted by molar-refractivity contribution is -0.132. The van der Waals surface area contributed by atoms with E-state index in [0.717, 1.165) is 39.1 Å². The Morgan fingerprint density at radius 3 is 2.79 bits per heavy atom. The standard InChI is InChI=1S/C16H21NO2/c18-16-13-5-2-1-4-12(13)14(16)6-3-7-15(16)17-8-10-19-11-9-17/h1-2,4-5,14-15,18H,3,6-11H2/t14-,15-,16-/m1/s1. The molecule has 0 bridgehead atoms. The zero-order chi connectivity index (χ0) is 12.9. The summed E-state index contributed by atoms with van der Waals surface area (Å²) in [7, 11) is 0. The maximum atomic E-state index is 11.3. The van der Waals surface area contributed by atoms with Gasteiger partial charge in [-0.2, -0.15) is 0 Å². The lowest BCUT2D eigenvalue weighted by atomic mass is 9.55. The van der Waals surface area contributed by atoms with Crippen LogP contribution in [0.5, 0.6) is 0 Å². The second-order valence-corrected chi connectivity index (χ2v) is 6.06. The summed E-state index contributed by atoms with van der Waals surface area (Å²) in [5, 5.41) is 11.3. The van der Waals surface area contributed by atoms with E-state index in [-0.39, 0.29) is 6.04 Å². The smallest absolute Gasteiger partial charge is 0.112 e. The summed E-state index contributed by atoms with van der Waals surface area (Å²) >= 11 is 0. The largest absolute Gasteiger partial charge is 0.383 e. The van der Waals surface area contributed by atoms with Crippen molar-refractivity contribution < 1.29 is 9.84 Å². The molecule has 1 aromatic rings. The number of hydrogen-bond acceptors (Lipinski definition) is 3. The molecule has 3 atom stereocenters. The van der Waals surface area contributed by atoms with Gasteiger partial charge in [-0.05, 0) is 24.0 Å². The van der Waals surface area contributed by atoms with E-state index in [0.29, 0.717) is 5.92 Å². The highest BCUT2D eigenvalue weighted by molar-refractivity contribution is 5.49. The van der Waals surface area contributed by atoms with Crippen molar-refractivity contribution in [3.63, 3.8) is 0 Å². The molecule has 3 nitrogen and oxygen atoms in total. The monoisotopic (exact) mass is 259 g/mol. The molecule has 3 heteroatoms. The summed E-state index contributed by atoms with van der Waals surface area (Å²) in [6, 6.07) is 8.74. The van der Waals surface area contributed by atoms with E-state index < -0.39 is 5.60 Å². The summed E-state index contributed by atoms with van der Waals surface area (Å²) in [5.41, 5.74) is 1.95. The third kappa shape index (κ3) is 1.55. The van der Waals surface area contributed by atoms with Gasteiger partial charge in [0.2, 0.25) is 0 Å². The minimum absolute atomic E-state index is 0.282. The van der Waals surface area contributed by atoms with Gasteiger partial charge in [-0.1, -0.05) is 30.7 Å². The van der Waals surface area contributed by atoms with Crippen LogP contribution in [0.4, 0.5) is 0 Å². The molecule has 2 fully saturated rings. The maximum absolute atomic E-state index is 11.3. The first-order valence-corrected chi connectivity index (χ1v) is 7.45. The quantitative estimate of drug-likeness (QED) is 0.835. The van der Waals surface area contributed by atoms with Crippen LogP contribution < -0.4 is 0 Å². The number of morpholine rings is 1. The van der Waals surface area contributed by atoms with Crippen molar-refractivity contribution in [2.45, 2.75) is 36.8 Å². The van der Waals surface area contributed by atoms with Crippen molar-refractivity contribution in [3.8, 4) is 0 Å². The van der Waals surface area contributed by atoms with Crippen LogP contribution >= 0.6 is 0 Å². The lowest BCUT2D eigenvalue weighted by Gasteiger charge is -2.58. The first-order valence-electron chi connectivity index (χ1n) is 7.45. The van der Waals surface area contributed by atoms with Crippen LogP contribution in [-0.4, -0.2) is 42.4 Å². The van der Waals surface area contributed by atoms with Crippen LogP contribution in [-0.2, 0) is 10.3 Å². The molecule has 1 aliphatic heterocycles. The molecular weight excluding hydrogens is 238 g/mol. The van der Waals surface area contributed by atoms with Crippen molar-refractivity contribution in [3.05, 3.63) is 35.4 Å². The summed E-state index contributed by atoms with van der Waals surface area (Å²) in [4.78, 5) is 2.45. The topological polar surface area (TPSA) is 32.7 Å². The Hall–Kier alpha value is -0.900. The molecule has 102 valence electrons. The Morgan fingerprint density at radius 2 is 1.95 bits per heavy atom. The Bertz CT molecular complexity index is 483. The van der Waals surface area contributed by atoms with Crippen LogP contribution in [0.1, 0.15) is 36.3 Å². The van der Waals surface area contributed by atoms with Crippen molar-refractivity contribution in [1.82, 2.24) is 4.90 Å². The van der Waals surface area contributed by atoms with Crippen molar-refractivity contribution >= 4 is 0 Å². The molecule has 2 aliphatic carbocycles. The lowest BCUT2D eigenvalue weighted by Crippen LogP contribution is -2.62. The molecule has 1 heterocycles. The molecule has 1 saturated heterocycles. The van der Waals surface area contributed by atoms with E-state index in [1.165, 1.54) is 17.5 Å². The number of ether oxygens (including phenoxy) is 1. The van der Waals surface area contributed by atoms with Gasteiger partial charge in [-0.25, -0.2) is 0 Å². The Morgan fingerprint density at radius 1 is 1.16 bits per heavy atom. The van der Waals surface area contributed by atoms with Crippen LogP contribution in [0, 0.1) is 0 Å². The molecule has 4 rings (SSSR count). The molecule has 0 amide bonds. The Kier molecular flexibility index (Phi) is 2.69. The molecule has 1 saturated carbocycles. The third-order valence-corrected chi connectivity index (χ3v) is 5.26. The van der Waals surface area contributed by atoms with Crippen molar-refractivity contribution in [1.29, 1.82) is 0 Å². The zero-order valence-corrected chi connectivity index (χ0v) is 11.2. The molecule has 0 radical (unpaired) electrons. The summed E-state index contributed by atoms with van der Waals surface area (Å²) in [6.07, 6.45) is 3.47. The maximum Gasteiger partial charge on any atom is 0.112 e. The van der Waals surface area contributed by atoms with Gasteiger partial charge >= 0.3 is 0 Å². The van der Waals surface area contributed by atoms with E-state index in [1.807, 2.05) is 0 Å². The third-order valence-electron chi connectivity index (χ3n) is 5.26. The fourth-order valence-electron chi connectivity index (χ4n) is 4.39. The number of rotatable bonds is 1. The van der Waals surface area contributed by atoms with E-state index in [1.54, 1.807) is 0 Å². The molecule has 19 heavy (non-hydrogen) atoms. The van der Waals surface area contributed by atoms with E-state index in [2.05, 4.69) is 29.2 Å². The van der Waals surface area contributed by atoms with Gasteiger partial charge in [0.25, 0.3) is 0 Å². The predicted molar refractivity (Wildman–Crippen MR) is 73.1 cm³/mol. The zero-order valence-electron chi connectivity index (χ0n) is 11.2. The number of nitrogens with zero attached hydrogens (tertiary/aromatic N) is 1. The SMILES string of the molecule is O[C@]12c3ccccc3[C@H]1CCC[C@H]2N1CCOCC1. The van der Waals surface area contributed by atoms with E-state index in [9.17, 15) is 5.11 Å². The molecule has 3 aliphatic rings. The predicted octanol–water partition coefficient (Wildman–Crippen LogP) is 1.86. The molecular formula is C16H21NO2. The van der Waals surface area contributed by atoms with Crippen LogP contribution in [0.3, 0.4) is 0 Å². The minimum Gasteiger partial charge on any atom is -0.383 e. The summed E-state index contributed by atoms with van der Waals surface area (Å²) in [5.74, 6) is 0.352. The van der Waals surface area contributed by atoms with Gasteiger partial charge in [0.15, 0.2) is 0 Å². The molecule has 1 N–H and O–H groups in total. The number of benzene rings is 1. The van der Waals surface area contributed by atoms with Gasteiger partial charge in [-0.15, -0.1) is 0 Å². The fraction of sp³-hybridized carbons (Fsp3) is 0.625. The van der Waals surface area contributed by atoms with E-state index >= 15 is 0 Å². The average molecular weight is 259 g/mol. The number of fused-ring (bicyclic) bond motifs is 4. The Labute approximate surface area is 114 Å². The minimum atomic E-state index is -0.605. The fourth-order valence-corrected chi connectivity index (χ4v) is 4.39. The normalized spacial score (nSPS) is 38.2. The average Bonchev–Trinajstić information content (AvgIpc) is 2.47. The van der Waals surface area contributed by atoms with E-state index in [4.69, 9.17) is 4.74 Å². The number of aliphatic hydroxyl groups is 1. The van der Waals surface area contributed by atoms with Gasteiger partial charge in [0.1, 0.15) is 5.60 Å². The van der Waals surface area contributed by atoms with Gasteiger partial charge < -0.3 is 9.84 Å². The number of hydrogen-bond donors (Lipinski definition) is 1. The molecule has 0 spiro atoms. The summed E-state index contributed by atoms with van der Waals surface area (Å²) < 4.78 is 5.45. The second-order valence-electron chi connectivity index (χ2n) is 6.06. The van der Waals surface area contributed by atoms with Crippen LogP contribution in [0.15, 0.2) is 24.3 Å². The molecule has 1 aromatic carbocycles. The van der Waals surface area contributed by atoms with Gasteiger partial charge in [-0.3, -0.25) is 4.90 Å². The highest BCUT2D eigenvalue weighted by atomic mass is 16.5. The Balaban J connectivity index is 1.70.